The van der Waals surface area contributed by atoms with Crippen LogP contribution in [0.1, 0.15) is 18.1 Å². The van der Waals surface area contributed by atoms with Crippen LogP contribution < -0.4 is 10.5 Å². The Balaban J connectivity index is 2.76. The van der Waals surface area contributed by atoms with E-state index in [-0.39, 0.29) is 13.0 Å². The summed E-state index contributed by atoms with van der Waals surface area (Å²) in [6.07, 6.45) is -1.91. The van der Waals surface area contributed by atoms with Crippen molar-refractivity contribution in [2.75, 3.05) is 19.4 Å². The average molecular weight is 252 g/mol. The zero-order valence-corrected chi connectivity index (χ0v) is 10.0. The highest BCUT2D eigenvalue weighted by Crippen LogP contribution is 2.27. The second kappa shape index (κ2) is 6.70. The summed E-state index contributed by atoms with van der Waals surface area (Å²) in [6, 6.07) is 4.77. The molecular formula is C11H16N4O3. The number of anilines is 1. The molecule has 0 heterocycles. The lowest BCUT2D eigenvalue weighted by Crippen LogP contribution is -2.19. The van der Waals surface area contributed by atoms with E-state index in [9.17, 15) is 10.2 Å². The second-order valence-electron chi connectivity index (χ2n) is 3.76. The number of aliphatic hydroxyl groups excluding tert-OH is 2. The molecule has 0 aromatic heterocycles. The van der Waals surface area contributed by atoms with E-state index in [0.717, 1.165) is 0 Å². The molecule has 7 nitrogen and oxygen atoms in total. The molecule has 2 atom stereocenters. The summed E-state index contributed by atoms with van der Waals surface area (Å²) in [5.41, 5.74) is 14.7. The van der Waals surface area contributed by atoms with Crippen molar-refractivity contribution < 1.29 is 14.9 Å². The number of nitrogens with zero attached hydrogens (tertiary/aromatic N) is 3. The Labute approximate surface area is 104 Å². The molecule has 1 aromatic rings. The van der Waals surface area contributed by atoms with Crippen molar-refractivity contribution in [2.45, 2.75) is 18.6 Å². The molecule has 0 bridgehead atoms. The van der Waals surface area contributed by atoms with E-state index in [1.54, 1.807) is 18.2 Å². The minimum Gasteiger partial charge on any atom is -0.495 e. The molecule has 1 aromatic carbocycles. The van der Waals surface area contributed by atoms with Crippen molar-refractivity contribution in [1.29, 1.82) is 0 Å². The third-order valence-corrected chi connectivity index (χ3v) is 2.55. The predicted octanol–water partition coefficient (Wildman–Crippen LogP) is 1.37. The van der Waals surface area contributed by atoms with Gasteiger partial charge in [-0.25, -0.2) is 0 Å². The van der Waals surface area contributed by atoms with Gasteiger partial charge in [-0.15, -0.1) is 0 Å². The molecule has 0 radical (unpaired) electrons. The van der Waals surface area contributed by atoms with Gasteiger partial charge in [0.1, 0.15) is 11.9 Å². The van der Waals surface area contributed by atoms with E-state index < -0.39 is 12.2 Å². The highest BCUT2D eigenvalue weighted by molar-refractivity contribution is 5.54. The van der Waals surface area contributed by atoms with Gasteiger partial charge in [0.2, 0.25) is 0 Å². The maximum atomic E-state index is 9.92. The Morgan fingerprint density at radius 3 is 2.83 bits per heavy atom. The van der Waals surface area contributed by atoms with Crippen LogP contribution in [-0.2, 0) is 0 Å². The molecule has 0 amide bonds. The van der Waals surface area contributed by atoms with Gasteiger partial charge in [0.05, 0.1) is 18.9 Å². The first-order valence-electron chi connectivity index (χ1n) is 5.40. The van der Waals surface area contributed by atoms with E-state index in [2.05, 4.69) is 10.0 Å². The first kappa shape index (κ1) is 14.1. The molecule has 0 aliphatic carbocycles. The summed E-state index contributed by atoms with van der Waals surface area (Å²) < 4.78 is 5.03. The molecule has 18 heavy (non-hydrogen) atoms. The summed E-state index contributed by atoms with van der Waals surface area (Å²) in [4.78, 5) is 2.57. The summed E-state index contributed by atoms with van der Waals surface area (Å²) in [7, 11) is 1.47. The zero-order chi connectivity index (χ0) is 13.5. The van der Waals surface area contributed by atoms with Crippen LogP contribution in [0.4, 0.5) is 5.69 Å². The van der Waals surface area contributed by atoms with Crippen LogP contribution in [0, 0.1) is 0 Å². The summed E-state index contributed by atoms with van der Waals surface area (Å²) in [6.45, 7) is 0.126. The molecule has 0 aliphatic heterocycles. The van der Waals surface area contributed by atoms with Gasteiger partial charge in [-0.2, -0.15) is 0 Å². The van der Waals surface area contributed by atoms with Gasteiger partial charge in [0.15, 0.2) is 0 Å². The summed E-state index contributed by atoms with van der Waals surface area (Å²) >= 11 is 0. The number of nitrogens with two attached hydrogens (primary N) is 1. The second-order valence-corrected chi connectivity index (χ2v) is 3.76. The van der Waals surface area contributed by atoms with Crippen LogP contribution in [-0.4, -0.2) is 30.0 Å². The van der Waals surface area contributed by atoms with Crippen LogP contribution in [0.5, 0.6) is 5.75 Å². The third kappa shape index (κ3) is 3.53. The molecule has 7 heteroatoms. The number of aliphatic hydroxyl groups is 2. The number of rotatable bonds is 6. The van der Waals surface area contributed by atoms with E-state index in [1.807, 2.05) is 0 Å². The number of benzene rings is 1. The van der Waals surface area contributed by atoms with Crippen molar-refractivity contribution >= 4 is 5.69 Å². The lowest BCUT2D eigenvalue weighted by atomic mass is 10.0. The van der Waals surface area contributed by atoms with Crippen molar-refractivity contribution in [1.82, 2.24) is 0 Å². The van der Waals surface area contributed by atoms with E-state index >= 15 is 0 Å². The van der Waals surface area contributed by atoms with E-state index in [4.69, 9.17) is 16.0 Å². The number of ether oxygens (including phenoxy) is 1. The normalized spacial score (nSPS) is 13.5. The Hall–Kier alpha value is -1.95. The van der Waals surface area contributed by atoms with Gasteiger partial charge in [-0.05, 0) is 29.6 Å². The largest absolute Gasteiger partial charge is 0.495 e. The number of hydrogen-bond donors (Lipinski definition) is 3. The van der Waals surface area contributed by atoms with Gasteiger partial charge < -0.3 is 20.7 Å². The maximum Gasteiger partial charge on any atom is 0.142 e. The average Bonchev–Trinajstić information content (AvgIpc) is 2.38. The predicted molar refractivity (Wildman–Crippen MR) is 67.0 cm³/mol. The molecule has 2 unspecified atom stereocenters. The Bertz CT molecular complexity index is 446. The number of methoxy groups -OCH3 is 1. The fourth-order valence-electron chi connectivity index (χ4n) is 1.53. The molecule has 1 rings (SSSR count). The van der Waals surface area contributed by atoms with Gasteiger partial charge >= 0.3 is 0 Å². The molecule has 0 saturated heterocycles. The van der Waals surface area contributed by atoms with Crippen LogP contribution in [0.25, 0.3) is 10.4 Å². The van der Waals surface area contributed by atoms with Crippen LogP contribution in [0.15, 0.2) is 23.3 Å². The van der Waals surface area contributed by atoms with Crippen molar-refractivity contribution in [3.05, 3.63) is 34.2 Å². The Morgan fingerprint density at radius 2 is 2.22 bits per heavy atom. The summed E-state index contributed by atoms with van der Waals surface area (Å²) in [5.74, 6) is 0.439. The van der Waals surface area contributed by atoms with Crippen molar-refractivity contribution in [3.63, 3.8) is 0 Å². The highest BCUT2D eigenvalue weighted by Gasteiger charge is 2.18. The lowest BCUT2D eigenvalue weighted by Gasteiger charge is -2.18. The lowest BCUT2D eigenvalue weighted by molar-refractivity contribution is 0.0149. The third-order valence-electron chi connectivity index (χ3n) is 2.55. The minimum atomic E-state index is -1.08. The summed E-state index contributed by atoms with van der Waals surface area (Å²) in [5, 5.41) is 22.9. The van der Waals surface area contributed by atoms with Gasteiger partial charge in [0.25, 0.3) is 0 Å². The number of hydrogen-bond acceptors (Lipinski definition) is 5. The van der Waals surface area contributed by atoms with Gasteiger partial charge in [0, 0.05) is 11.5 Å². The first-order valence-corrected chi connectivity index (χ1v) is 5.40. The van der Waals surface area contributed by atoms with Crippen LogP contribution >= 0.6 is 0 Å². The van der Waals surface area contributed by atoms with Gasteiger partial charge in [-0.1, -0.05) is 11.2 Å². The smallest absolute Gasteiger partial charge is 0.142 e. The van der Waals surface area contributed by atoms with E-state index in [0.29, 0.717) is 17.0 Å². The molecule has 0 spiro atoms. The van der Waals surface area contributed by atoms with Crippen LogP contribution in [0.3, 0.4) is 0 Å². The molecule has 0 saturated carbocycles. The standard InChI is InChI=1S/C11H16N4O3/c1-18-10-6-7(2-3-8(10)12)11(17)9(16)4-5-14-15-13/h2-3,6,9,11,16-17H,4-5,12H2,1H3. The fraction of sp³-hybridized carbons (Fsp3) is 0.455. The molecular weight excluding hydrogens is 236 g/mol. The van der Waals surface area contributed by atoms with Gasteiger partial charge in [-0.3, -0.25) is 0 Å². The van der Waals surface area contributed by atoms with Crippen LogP contribution in [0.2, 0.25) is 0 Å². The van der Waals surface area contributed by atoms with Crippen molar-refractivity contribution in [2.24, 2.45) is 5.11 Å². The SMILES string of the molecule is COc1cc(C(O)C(O)CCN=[N+]=[N-])ccc1N. The molecule has 0 fully saturated rings. The minimum absolute atomic E-state index is 0.126. The fourth-order valence-corrected chi connectivity index (χ4v) is 1.53. The number of azide groups is 1. The number of nitrogen functional groups attached to an aromatic ring is 1. The molecule has 98 valence electrons. The Kier molecular flexibility index (Phi) is 5.26. The monoisotopic (exact) mass is 252 g/mol. The molecule has 4 N–H and O–H groups in total. The first-order chi connectivity index (χ1) is 8.60. The quantitative estimate of drug-likeness (QED) is 0.306. The topological polar surface area (TPSA) is 124 Å². The molecule has 0 aliphatic rings. The maximum absolute atomic E-state index is 9.92. The zero-order valence-electron chi connectivity index (χ0n) is 10.0. The highest BCUT2D eigenvalue weighted by atomic mass is 16.5. The Morgan fingerprint density at radius 1 is 1.50 bits per heavy atom. The van der Waals surface area contributed by atoms with Crippen molar-refractivity contribution in [3.8, 4) is 5.75 Å². The van der Waals surface area contributed by atoms with E-state index in [1.165, 1.54) is 7.11 Å².